The van der Waals surface area contributed by atoms with E-state index in [4.69, 9.17) is 0 Å². The Balaban J connectivity index is 2.33. The van der Waals surface area contributed by atoms with E-state index in [-0.39, 0.29) is 53.7 Å². The Morgan fingerprint density at radius 3 is 1.70 bits per heavy atom. The fourth-order valence-corrected chi connectivity index (χ4v) is 7.37. The Labute approximate surface area is 285 Å². The maximum absolute atomic E-state index is 14.1. The first-order valence-electron chi connectivity index (χ1n) is 18.3. The van der Waals surface area contributed by atoms with Crippen molar-refractivity contribution in [2.45, 2.75) is 171 Å². The van der Waals surface area contributed by atoms with Crippen molar-refractivity contribution in [1.29, 1.82) is 0 Å². The second kappa shape index (κ2) is 16.8. The molecular formula is C38H68N4O5. The summed E-state index contributed by atoms with van der Waals surface area (Å²) in [6, 6.07) is -2.06. The smallest absolute Gasteiger partial charge is 0.315 e. The highest BCUT2D eigenvalue weighted by Crippen LogP contribution is 2.32. The third-order valence-electron chi connectivity index (χ3n) is 10.6. The van der Waals surface area contributed by atoms with Gasteiger partial charge in [0.05, 0.1) is 12.0 Å². The summed E-state index contributed by atoms with van der Waals surface area (Å²) >= 11 is 0. The lowest BCUT2D eigenvalue weighted by Crippen LogP contribution is -2.57. The Morgan fingerprint density at radius 1 is 0.681 bits per heavy atom. The van der Waals surface area contributed by atoms with Gasteiger partial charge in [0.2, 0.25) is 11.8 Å². The van der Waals surface area contributed by atoms with Gasteiger partial charge in [-0.05, 0) is 60.7 Å². The van der Waals surface area contributed by atoms with Gasteiger partial charge in [-0.25, -0.2) is 4.79 Å². The Kier molecular flexibility index (Phi) is 14.5. The van der Waals surface area contributed by atoms with Gasteiger partial charge in [-0.1, -0.05) is 102 Å². The third kappa shape index (κ3) is 12.2. The molecule has 0 aromatic heterocycles. The van der Waals surface area contributed by atoms with E-state index in [9.17, 15) is 24.0 Å². The van der Waals surface area contributed by atoms with Crippen molar-refractivity contribution >= 4 is 29.4 Å². The maximum Gasteiger partial charge on any atom is 0.315 e. The van der Waals surface area contributed by atoms with Crippen molar-refractivity contribution in [3.63, 3.8) is 0 Å². The molecule has 0 spiro atoms. The van der Waals surface area contributed by atoms with Gasteiger partial charge in [0, 0.05) is 30.3 Å². The van der Waals surface area contributed by atoms with E-state index < -0.39 is 40.8 Å². The Bertz CT molecular complexity index is 1080. The second-order valence-corrected chi connectivity index (χ2v) is 17.9. The number of nitrogens with one attached hydrogen (secondary N) is 4. The predicted octanol–water partition coefficient (Wildman–Crippen LogP) is 6.72. The zero-order valence-electron chi connectivity index (χ0n) is 31.7. The summed E-state index contributed by atoms with van der Waals surface area (Å²) in [5, 5.41) is 12.3. The second-order valence-electron chi connectivity index (χ2n) is 17.9. The molecule has 47 heavy (non-hydrogen) atoms. The summed E-state index contributed by atoms with van der Waals surface area (Å²) < 4.78 is 0. The fourth-order valence-electron chi connectivity index (χ4n) is 7.37. The van der Waals surface area contributed by atoms with Crippen molar-refractivity contribution in [3.05, 3.63) is 0 Å². The molecule has 2 rings (SSSR count). The summed E-state index contributed by atoms with van der Waals surface area (Å²) in [7, 11) is 0. The predicted molar refractivity (Wildman–Crippen MR) is 189 cm³/mol. The van der Waals surface area contributed by atoms with Gasteiger partial charge in [-0.15, -0.1) is 0 Å². The van der Waals surface area contributed by atoms with Crippen molar-refractivity contribution in [3.8, 4) is 0 Å². The molecule has 2 unspecified atom stereocenters. The molecule has 2 aliphatic carbocycles. The molecule has 9 heteroatoms. The van der Waals surface area contributed by atoms with Gasteiger partial charge in [0.15, 0.2) is 5.78 Å². The number of urea groups is 1. The van der Waals surface area contributed by atoms with Crippen LogP contribution in [0.15, 0.2) is 0 Å². The highest BCUT2D eigenvalue weighted by Gasteiger charge is 2.40. The van der Waals surface area contributed by atoms with E-state index in [1.807, 2.05) is 27.7 Å². The van der Waals surface area contributed by atoms with Crippen LogP contribution in [-0.4, -0.2) is 53.6 Å². The van der Waals surface area contributed by atoms with Crippen molar-refractivity contribution < 1.29 is 24.0 Å². The van der Waals surface area contributed by atoms with Gasteiger partial charge < -0.3 is 21.3 Å². The van der Waals surface area contributed by atoms with E-state index in [1.165, 1.54) is 0 Å². The zero-order valence-corrected chi connectivity index (χ0v) is 31.7. The molecule has 4 amide bonds. The van der Waals surface area contributed by atoms with Crippen LogP contribution in [0, 0.1) is 39.9 Å². The van der Waals surface area contributed by atoms with Crippen molar-refractivity contribution in [1.82, 2.24) is 21.3 Å². The van der Waals surface area contributed by atoms with E-state index in [0.717, 1.165) is 51.4 Å². The first kappa shape index (κ1) is 40.7. The van der Waals surface area contributed by atoms with Crippen LogP contribution in [0.1, 0.15) is 147 Å². The summed E-state index contributed by atoms with van der Waals surface area (Å²) in [6.07, 6.45) is 7.29. The number of amides is 4. The molecule has 0 aliphatic heterocycles. The molecule has 4 N–H and O–H groups in total. The topological polar surface area (TPSA) is 133 Å². The molecule has 2 fully saturated rings. The van der Waals surface area contributed by atoms with Crippen LogP contribution in [0.25, 0.3) is 0 Å². The Morgan fingerprint density at radius 2 is 1.23 bits per heavy atom. The van der Waals surface area contributed by atoms with Gasteiger partial charge >= 0.3 is 6.03 Å². The molecule has 0 heterocycles. The number of carbonyl (C=O) groups is 5. The van der Waals surface area contributed by atoms with Gasteiger partial charge in [0.25, 0.3) is 0 Å². The molecule has 0 aromatic carbocycles. The van der Waals surface area contributed by atoms with Crippen LogP contribution < -0.4 is 21.3 Å². The molecule has 0 aromatic rings. The average Bonchev–Trinajstić information content (AvgIpc) is 3.47. The maximum atomic E-state index is 14.1. The van der Waals surface area contributed by atoms with E-state index in [2.05, 4.69) is 55.9 Å². The molecule has 2 saturated carbocycles. The fraction of sp³-hybridized carbons (Fsp3) is 0.868. The molecule has 0 saturated heterocycles. The molecule has 6 atom stereocenters. The molecular weight excluding hydrogens is 592 g/mol. The minimum Gasteiger partial charge on any atom is -0.351 e. The average molecular weight is 661 g/mol. The lowest BCUT2D eigenvalue weighted by Gasteiger charge is -2.37. The number of carbonyl (C=O) groups excluding carboxylic acids is 5. The Hall–Kier alpha value is -2.45. The third-order valence-corrected chi connectivity index (χ3v) is 10.6. The molecule has 9 nitrogen and oxygen atoms in total. The first-order valence-corrected chi connectivity index (χ1v) is 18.3. The number of Topliss-reactive ketones (excluding diaryl/α,β-unsaturated/α-hetero) is 2. The van der Waals surface area contributed by atoms with Crippen LogP contribution in [0.2, 0.25) is 0 Å². The monoisotopic (exact) mass is 661 g/mol. The minimum absolute atomic E-state index is 0.0108. The quantitative estimate of drug-likeness (QED) is 0.174. The van der Waals surface area contributed by atoms with Crippen LogP contribution in [0.3, 0.4) is 0 Å². The van der Waals surface area contributed by atoms with Crippen molar-refractivity contribution in [2.75, 3.05) is 0 Å². The molecule has 0 bridgehead atoms. The minimum atomic E-state index is -0.969. The lowest BCUT2D eigenvalue weighted by atomic mass is 9.78. The standard InChI is InChI=1S/C38H68N4O5/c1-13-28(36(4,5)6)39-34(46)31(25-19-14-15-20-25)40-33(45)26(22-29(44)37(7,8)9)21-27(43)32(38(10,11)12)42-35(47)41-30-23(2)17-16-18-24(30)3/h23-26,28,30-32H,13-22H2,1-12H3,(H,39,46)(H,40,45)(H2,41,42,47)/t23?,24?,26-,28-,30?,31+,32-/m1/s1. The summed E-state index contributed by atoms with van der Waals surface area (Å²) in [6.45, 7) is 23.6. The highest BCUT2D eigenvalue weighted by molar-refractivity contribution is 5.97. The van der Waals surface area contributed by atoms with Gasteiger partial charge in [-0.3, -0.25) is 19.2 Å². The van der Waals surface area contributed by atoms with Gasteiger partial charge in [-0.2, -0.15) is 0 Å². The van der Waals surface area contributed by atoms with Crippen LogP contribution >= 0.6 is 0 Å². The first-order chi connectivity index (χ1) is 21.6. The lowest BCUT2D eigenvalue weighted by molar-refractivity contribution is -0.138. The van der Waals surface area contributed by atoms with Crippen LogP contribution in [-0.2, 0) is 19.2 Å². The van der Waals surface area contributed by atoms with Crippen LogP contribution in [0.4, 0.5) is 4.79 Å². The summed E-state index contributed by atoms with van der Waals surface area (Å²) in [5.41, 5.74) is -1.50. The van der Waals surface area contributed by atoms with E-state index in [1.54, 1.807) is 20.8 Å². The van der Waals surface area contributed by atoms with E-state index >= 15 is 0 Å². The zero-order chi connectivity index (χ0) is 35.9. The summed E-state index contributed by atoms with van der Waals surface area (Å²) in [5.74, 6) is -1.42. The largest absolute Gasteiger partial charge is 0.351 e. The van der Waals surface area contributed by atoms with Crippen LogP contribution in [0.5, 0.6) is 0 Å². The highest BCUT2D eigenvalue weighted by atomic mass is 16.2. The normalized spacial score (nSPS) is 23.6. The number of hydrogen-bond acceptors (Lipinski definition) is 5. The number of hydrogen-bond donors (Lipinski definition) is 4. The molecule has 2 aliphatic rings. The SMILES string of the molecule is CC[C@@H](NC(=O)[C@@H](NC(=O)[C@H](CC(=O)[C@@H](NC(=O)NC1C(C)CCCC1C)C(C)(C)C)CC(=O)C(C)(C)C)C1CCCC1)C(C)(C)C. The molecule has 0 radical (unpaired) electrons. The number of rotatable bonds is 13. The molecule has 270 valence electrons. The van der Waals surface area contributed by atoms with Gasteiger partial charge in [0.1, 0.15) is 11.8 Å². The summed E-state index contributed by atoms with van der Waals surface area (Å²) in [4.78, 5) is 68.5. The van der Waals surface area contributed by atoms with Crippen molar-refractivity contribution in [2.24, 2.45) is 39.9 Å². The van der Waals surface area contributed by atoms with E-state index in [0.29, 0.717) is 11.8 Å². The number of ketones is 2.